The molecular formula is C12H21ClO2. The minimum atomic E-state index is -0.380. The second-order valence-electron chi connectivity index (χ2n) is 5.53. The molecule has 1 aliphatic rings. The Morgan fingerprint density at radius 3 is 2.40 bits per heavy atom. The highest BCUT2D eigenvalue weighted by atomic mass is 35.5. The Bertz CT molecular complexity index is 232. The molecule has 1 fully saturated rings. The van der Waals surface area contributed by atoms with Gasteiger partial charge in [0.1, 0.15) is 5.60 Å². The van der Waals surface area contributed by atoms with Gasteiger partial charge in [-0.25, -0.2) is 0 Å². The fraction of sp³-hybridized carbons (Fsp3) is 0.917. The lowest BCUT2D eigenvalue weighted by atomic mass is 9.80. The van der Waals surface area contributed by atoms with E-state index in [1.807, 2.05) is 20.8 Å². The van der Waals surface area contributed by atoms with E-state index in [2.05, 4.69) is 6.92 Å². The zero-order valence-electron chi connectivity index (χ0n) is 10.0. The summed E-state index contributed by atoms with van der Waals surface area (Å²) in [4.78, 5) is 11.9. The van der Waals surface area contributed by atoms with Gasteiger partial charge in [-0.3, -0.25) is 4.79 Å². The van der Waals surface area contributed by atoms with Crippen molar-refractivity contribution >= 4 is 17.6 Å². The molecule has 2 nitrogen and oxygen atoms in total. The molecule has 0 heterocycles. The predicted molar refractivity (Wildman–Crippen MR) is 62.0 cm³/mol. The number of hydrogen-bond acceptors (Lipinski definition) is 2. The van der Waals surface area contributed by atoms with E-state index in [1.54, 1.807) is 0 Å². The zero-order chi connectivity index (χ0) is 11.6. The monoisotopic (exact) mass is 232 g/mol. The minimum absolute atomic E-state index is 0.0409. The number of carbonyl (C=O) groups is 1. The van der Waals surface area contributed by atoms with Crippen molar-refractivity contribution < 1.29 is 9.53 Å². The van der Waals surface area contributed by atoms with Crippen molar-refractivity contribution in [2.45, 2.75) is 57.9 Å². The van der Waals surface area contributed by atoms with E-state index in [0.29, 0.717) is 5.92 Å². The first-order valence-electron chi connectivity index (χ1n) is 5.66. The zero-order valence-corrected chi connectivity index (χ0v) is 10.8. The fourth-order valence-corrected chi connectivity index (χ4v) is 2.47. The molecule has 0 aromatic rings. The molecule has 0 N–H and O–H groups in total. The third-order valence-corrected chi connectivity index (χ3v) is 3.21. The fourth-order valence-electron chi connectivity index (χ4n) is 2.06. The summed E-state index contributed by atoms with van der Waals surface area (Å²) in [5.41, 5.74) is -0.380. The lowest BCUT2D eigenvalue weighted by Gasteiger charge is -2.32. The average Bonchev–Trinajstić information content (AvgIpc) is 1.99. The molecule has 1 rings (SSSR count). The van der Waals surface area contributed by atoms with Crippen molar-refractivity contribution in [3.63, 3.8) is 0 Å². The van der Waals surface area contributed by atoms with Crippen molar-refractivity contribution in [2.24, 2.45) is 11.8 Å². The van der Waals surface area contributed by atoms with Crippen molar-refractivity contribution in [3.05, 3.63) is 0 Å². The Kier molecular flexibility index (Phi) is 4.05. The van der Waals surface area contributed by atoms with Gasteiger partial charge in [0, 0.05) is 5.38 Å². The van der Waals surface area contributed by atoms with E-state index in [-0.39, 0.29) is 22.9 Å². The van der Waals surface area contributed by atoms with Crippen LogP contribution in [-0.4, -0.2) is 16.9 Å². The van der Waals surface area contributed by atoms with E-state index in [4.69, 9.17) is 16.3 Å². The Morgan fingerprint density at radius 2 is 1.93 bits per heavy atom. The number of halogens is 1. The Morgan fingerprint density at radius 1 is 1.33 bits per heavy atom. The maximum atomic E-state index is 11.9. The molecule has 0 amide bonds. The largest absolute Gasteiger partial charge is 0.460 e. The first kappa shape index (κ1) is 12.8. The highest BCUT2D eigenvalue weighted by molar-refractivity contribution is 6.20. The van der Waals surface area contributed by atoms with E-state index in [9.17, 15) is 4.79 Å². The van der Waals surface area contributed by atoms with Crippen LogP contribution in [0.25, 0.3) is 0 Å². The van der Waals surface area contributed by atoms with Crippen LogP contribution in [0.3, 0.4) is 0 Å². The summed E-state index contributed by atoms with van der Waals surface area (Å²) in [6, 6.07) is 0. The second-order valence-corrected chi connectivity index (χ2v) is 6.14. The summed E-state index contributed by atoms with van der Waals surface area (Å²) < 4.78 is 5.40. The van der Waals surface area contributed by atoms with Crippen LogP contribution in [0.15, 0.2) is 0 Å². The summed E-state index contributed by atoms with van der Waals surface area (Å²) in [5, 5.41) is 0.235. The van der Waals surface area contributed by atoms with Gasteiger partial charge in [0.15, 0.2) is 0 Å². The molecule has 1 saturated carbocycles. The van der Waals surface area contributed by atoms with Crippen LogP contribution >= 0.6 is 11.6 Å². The molecule has 88 valence electrons. The van der Waals surface area contributed by atoms with Crippen LogP contribution in [0, 0.1) is 11.8 Å². The molecule has 0 radical (unpaired) electrons. The van der Waals surface area contributed by atoms with Crippen LogP contribution in [0.1, 0.15) is 47.0 Å². The van der Waals surface area contributed by atoms with Gasteiger partial charge >= 0.3 is 5.97 Å². The Labute approximate surface area is 97.3 Å². The standard InChI is InChI=1S/C12H21ClO2/c1-8-7-9(13)5-6-10(8)11(14)15-12(2,3)4/h8-10H,5-7H2,1-4H3/t8-,9?,10-/m0/s1. The molecule has 0 saturated heterocycles. The van der Waals surface area contributed by atoms with Gasteiger partial charge in [-0.2, -0.15) is 0 Å². The minimum Gasteiger partial charge on any atom is -0.460 e. The van der Waals surface area contributed by atoms with Crippen LogP contribution in [0.4, 0.5) is 0 Å². The van der Waals surface area contributed by atoms with Crippen molar-refractivity contribution in [2.75, 3.05) is 0 Å². The van der Waals surface area contributed by atoms with Crippen LogP contribution in [0.2, 0.25) is 0 Å². The number of carbonyl (C=O) groups excluding carboxylic acids is 1. The summed E-state index contributed by atoms with van der Waals surface area (Å²) in [7, 11) is 0. The Hall–Kier alpha value is -0.240. The van der Waals surface area contributed by atoms with Crippen LogP contribution < -0.4 is 0 Å². The third-order valence-electron chi connectivity index (χ3n) is 2.81. The molecule has 1 unspecified atom stereocenters. The van der Waals surface area contributed by atoms with Gasteiger partial charge in [0.2, 0.25) is 0 Å². The van der Waals surface area contributed by atoms with E-state index < -0.39 is 0 Å². The number of ether oxygens (including phenoxy) is 1. The van der Waals surface area contributed by atoms with Gasteiger partial charge in [-0.05, 0) is 46.0 Å². The molecule has 3 atom stereocenters. The summed E-state index contributed by atoms with van der Waals surface area (Å²) in [5.74, 6) is 0.328. The lowest BCUT2D eigenvalue weighted by Crippen LogP contribution is -2.35. The van der Waals surface area contributed by atoms with Gasteiger partial charge in [-0.15, -0.1) is 11.6 Å². The molecule has 1 aliphatic carbocycles. The van der Waals surface area contributed by atoms with E-state index >= 15 is 0 Å². The molecule has 0 bridgehead atoms. The van der Waals surface area contributed by atoms with Crippen LogP contribution in [0.5, 0.6) is 0 Å². The molecule has 0 aliphatic heterocycles. The quantitative estimate of drug-likeness (QED) is 0.512. The SMILES string of the molecule is C[C@H]1CC(Cl)CC[C@@H]1C(=O)OC(C)(C)C. The van der Waals surface area contributed by atoms with Gasteiger partial charge < -0.3 is 4.74 Å². The van der Waals surface area contributed by atoms with E-state index in [1.165, 1.54) is 0 Å². The van der Waals surface area contributed by atoms with Crippen molar-refractivity contribution in [1.29, 1.82) is 0 Å². The number of rotatable bonds is 1. The maximum Gasteiger partial charge on any atom is 0.309 e. The molecule has 0 aromatic heterocycles. The molecular weight excluding hydrogens is 212 g/mol. The van der Waals surface area contributed by atoms with Crippen LogP contribution in [-0.2, 0) is 9.53 Å². The number of hydrogen-bond donors (Lipinski definition) is 0. The number of alkyl halides is 1. The van der Waals surface area contributed by atoms with E-state index in [0.717, 1.165) is 19.3 Å². The predicted octanol–water partition coefficient (Wildman–Crippen LogP) is 3.37. The summed E-state index contributed by atoms with van der Waals surface area (Å²) >= 11 is 6.06. The second kappa shape index (κ2) is 4.73. The molecule has 0 spiro atoms. The van der Waals surface area contributed by atoms with Crippen molar-refractivity contribution in [1.82, 2.24) is 0 Å². The maximum absolute atomic E-state index is 11.9. The average molecular weight is 233 g/mol. The van der Waals surface area contributed by atoms with Gasteiger partial charge in [0.05, 0.1) is 5.92 Å². The van der Waals surface area contributed by atoms with Gasteiger partial charge in [-0.1, -0.05) is 6.92 Å². The first-order valence-corrected chi connectivity index (χ1v) is 6.10. The summed E-state index contributed by atoms with van der Waals surface area (Å²) in [6.45, 7) is 7.80. The Balaban J connectivity index is 2.53. The molecule has 15 heavy (non-hydrogen) atoms. The van der Waals surface area contributed by atoms with Gasteiger partial charge in [0.25, 0.3) is 0 Å². The highest BCUT2D eigenvalue weighted by Gasteiger charge is 2.34. The number of esters is 1. The first-order chi connectivity index (χ1) is 6.79. The third kappa shape index (κ3) is 4.02. The lowest BCUT2D eigenvalue weighted by molar-refractivity contribution is -0.162. The normalized spacial score (nSPS) is 32.5. The molecule has 3 heteroatoms. The molecule has 0 aromatic carbocycles. The summed E-state index contributed by atoms with van der Waals surface area (Å²) in [6.07, 6.45) is 2.71. The van der Waals surface area contributed by atoms with Crippen molar-refractivity contribution in [3.8, 4) is 0 Å². The highest BCUT2D eigenvalue weighted by Crippen LogP contribution is 2.34. The smallest absolute Gasteiger partial charge is 0.309 e. The topological polar surface area (TPSA) is 26.3 Å².